The quantitative estimate of drug-likeness (QED) is 0.136. The van der Waals surface area contributed by atoms with Crippen LogP contribution in [0.4, 0.5) is 4.79 Å². The van der Waals surface area contributed by atoms with E-state index in [2.05, 4.69) is 22.5 Å². The standard InChI is InChI=1S/C35H51N5O7/c1-20(2)24-16-17-40(26(24)30(43)37-25(18-22-14-15-22)27(41)29(36)42)31(44)28(34(5,6)7)38-33(46)39-35(8,21(3)4)32(45)47-19-23-12-10-9-11-13-23/h9-13,21-22,24-26,28H,1,14-19H2,2-8H3,(H2,36,42)(H,37,43)(H2,38,39,46)/t24-,25?,26+,28-,35+/m1/s1. The Balaban J connectivity index is 1.81. The summed E-state index contributed by atoms with van der Waals surface area (Å²) in [5, 5.41) is 8.21. The third kappa shape index (κ3) is 9.42. The van der Waals surface area contributed by atoms with Crippen LogP contribution in [0, 0.1) is 23.2 Å². The summed E-state index contributed by atoms with van der Waals surface area (Å²) in [6, 6.07) is 5.21. The zero-order valence-corrected chi connectivity index (χ0v) is 28.7. The second-order valence-corrected chi connectivity index (χ2v) is 14.5. The minimum atomic E-state index is -1.42. The summed E-state index contributed by atoms with van der Waals surface area (Å²) in [7, 11) is 0. The monoisotopic (exact) mass is 653 g/mol. The molecular formula is C35H51N5O7. The summed E-state index contributed by atoms with van der Waals surface area (Å²) in [5.41, 5.74) is 4.52. The number of amides is 5. The molecule has 1 aliphatic heterocycles. The van der Waals surface area contributed by atoms with Gasteiger partial charge in [-0.2, -0.15) is 0 Å². The number of hydrogen-bond donors (Lipinski definition) is 4. The van der Waals surface area contributed by atoms with E-state index in [0.717, 1.165) is 18.4 Å². The number of nitrogens with one attached hydrogen (secondary N) is 3. The number of nitrogens with zero attached hydrogens (tertiary/aromatic N) is 1. The highest BCUT2D eigenvalue weighted by Crippen LogP contribution is 2.35. The first-order valence-electron chi connectivity index (χ1n) is 16.3. The van der Waals surface area contributed by atoms with Crippen molar-refractivity contribution in [1.82, 2.24) is 20.9 Å². The van der Waals surface area contributed by atoms with Gasteiger partial charge in [-0.05, 0) is 49.5 Å². The molecule has 1 aliphatic carbocycles. The molecule has 258 valence electrons. The van der Waals surface area contributed by atoms with Crippen molar-refractivity contribution in [3.05, 3.63) is 48.0 Å². The van der Waals surface area contributed by atoms with Gasteiger partial charge >= 0.3 is 12.0 Å². The number of ether oxygens (including phenoxy) is 1. The van der Waals surface area contributed by atoms with Gasteiger partial charge in [0, 0.05) is 12.5 Å². The van der Waals surface area contributed by atoms with Gasteiger partial charge in [0.1, 0.15) is 24.2 Å². The molecule has 47 heavy (non-hydrogen) atoms. The summed E-state index contributed by atoms with van der Waals surface area (Å²) in [4.78, 5) is 80.6. The topological polar surface area (TPSA) is 177 Å². The molecule has 5 amide bonds. The zero-order chi connectivity index (χ0) is 35.3. The molecule has 3 rings (SSSR count). The largest absolute Gasteiger partial charge is 0.459 e. The Kier molecular flexibility index (Phi) is 12.0. The molecule has 5 N–H and O–H groups in total. The fourth-order valence-electron chi connectivity index (χ4n) is 5.75. The molecule has 1 saturated carbocycles. The molecule has 0 radical (unpaired) electrons. The number of likely N-dealkylation sites (tertiary alicyclic amines) is 1. The average molecular weight is 654 g/mol. The fraction of sp³-hybridized carbons (Fsp3) is 0.600. The van der Waals surface area contributed by atoms with Crippen LogP contribution >= 0.6 is 0 Å². The molecule has 5 atom stereocenters. The molecule has 1 aromatic rings. The molecule has 0 bridgehead atoms. The molecule has 0 aromatic heterocycles. The van der Waals surface area contributed by atoms with E-state index in [1.54, 1.807) is 48.5 Å². The zero-order valence-electron chi connectivity index (χ0n) is 28.7. The van der Waals surface area contributed by atoms with E-state index < -0.39 is 70.5 Å². The van der Waals surface area contributed by atoms with Gasteiger partial charge < -0.3 is 31.3 Å². The minimum Gasteiger partial charge on any atom is -0.459 e. The lowest BCUT2D eigenvalue weighted by molar-refractivity contribution is -0.153. The van der Waals surface area contributed by atoms with Crippen LogP contribution in [0.25, 0.3) is 0 Å². The lowest BCUT2D eigenvalue weighted by Crippen LogP contribution is -2.64. The summed E-state index contributed by atoms with van der Waals surface area (Å²) in [6.45, 7) is 16.5. The molecule has 2 aliphatic rings. The maximum atomic E-state index is 14.3. The van der Waals surface area contributed by atoms with Gasteiger partial charge in [0.15, 0.2) is 0 Å². The predicted molar refractivity (Wildman–Crippen MR) is 176 cm³/mol. The van der Waals surface area contributed by atoms with Crippen LogP contribution < -0.4 is 21.7 Å². The van der Waals surface area contributed by atoms with Gasteiger partial charge in [-0.3, -0.25) is 19.2 Å². The normalized spacial score (nSPS) is 20.4. The van der Waals surface area contributed by atoms with Gasteiger partial charge in [-0.1, -0.05) is 89.9 Å². The van der Waals surface area contributed by atoms with Crippen molar-refractivity contribution >= 4 is 35.5 Å². The number of urea groups is 1. The van der Waals surface area contributed by atoms with Crippen molar-refractivity contribution in [2.24, 2.45) is 28.9 Å². The molecule has 12 heteroatoms. The second kappa shape index (κ2) is 15.1. The van der Waals surface area contributed by atoms with Crippen molar-refractivity contribution in [1.29, 1.82) is 0 Å². The molecule has 12 nitrogen and oxygen atoms in total. The lowest BCUT2D eigenvalue weighted by Gasteiger charge is -2.38. The van der Waals surface area contributed by atoms with Crippen LogP contribution in [0.5, 0.6) is 0 Å². The summed E-state index contributed by atoms with van der Waals surface area (Å²) in [6.07, 6.45) is 2.52. The van der Waals surface area contributed by atoms with Crippen molar-refractivity contribution in [2.45, 2.75) is 104 Å². The van der Waals surface area contributed by atoms with Gasteiger partial charge in [-0.25, -0.2) is 9.59 Å². The number of rotatable bonds is 14. The van der Waals surface area contributed by atoms with Crippen LogP contribution in [0.2, 0.25) is 0 Å². The van der Waals surface area contributed by atoms with Crippen molar-refractivity contribution < 1.29 is 33.5 Å². The average Bonchev–Trinajstić information content (AvgIpc) is 3.70. The highest BCUT2D eigenvalue weighted by Gasteiger charge is 2.48. The number of nitrogens with two attached hydrogens (primary N) is 1. The Bertz CT molecular complexity index is 1370. The minimum absolute atomic E-state index is 0.0310. The van der Waals surface area contributed by atoms with E-state index in [4.69, 9.17) is 10.5 Å². The molecular weight excluding hydrogens is 602 g/mol. The first kappa shape index (κ1) is 37.2. The van der Waals surface area contributed by atoms with Gasteiger partial charge in [-0.15, -0.1) is 0 Å². The number of hydrogen-bond acceptors (Lipinski definition) is 7. The van der Waals surface area contributed by atoms with E-state index in [1.165, 1.54) is 4.90 Å². The van der Waals surface area contributed by atoms with E-state index in [9.17, 15) is 28.8 Å². The van der Waals surface area contributed by atoms with Crippen LogP contribution in [-0.2, 0) is 35.3 Å². The van der Waals surface area contributed by atoms with Crippen molar-refractivity contribution in [3.63, 3.8) is 0 Å². The Morgan fingerprint density at radius 1 is 1.00 bits per heavy atom. The van der Waals surface area contributed by atoms with Crippen LogP contribution in [-0.4, -0.2) is 70.6 Å². The highest BCUT2D eigenvalue weighted by atomic mass is 16.5. The Morgan fingerprint density at radius 3 is 2.13 bits per heavy atom. The molecule has 1 aromatic carbocycles. The van der Waals surface area contributed by atoms with Crippen molar-refractivity contribution in [3.8, 4) is 0 Å². The molecule has 1 unspecified atom stereocenters. The molecule has 2 fully saturated rings. The number of carbonyl (C=O) groups excluding carboxylic acids is 6. The second-order valence-electron chi connectivity index (χ2n) is 14.5. The van der Waals surface area contributed by atoms with Crippen LogP contribution in [0.1, 0.15) is 79.7 Å². The summed E-state index contributed by atoms with van der Waals surface area (Å²) < 4.78 is 5.56. The smallest absolute Gasteiger partial charge is 0.332 e. The Morgan fingerprint density at radius 2 is 1.62 bits per heavy atom. The fourth-order valence-corrected chi connectivity index (χ4v) is 5.75. The number of benzene rings is 1. The number of esters is 1. The first-order chi connectivity index (χ1) is 21.9. The number of carbonyl (C=O) groups is 6. The van der Waals surface area contributed by atoms with E-state index in [0.29, 0.717) is 18.4 Å². The summed E-state index contributed by atoms with van der Waals surface area (Å²) >= 11 is 0. The van der Waals surface area contributed by atoms with Gasteiger partial charge in [0.25, 0.3) is 5.91 Å². The molecule has 1 saturated heterocycles. The first-order valence-corrected chi connectivity index (χ1v) is 16.3. The number of Topliss-reactive ketones (excluding diaryl/α,β-unsaturated/α-hetero) is 1. The maximum Gasteiger partial charge on any atom is 0.332 e. The molecule has 0 spiro atoms. The van der Waals surface area contributed by atoms with Gasteiger partial charge in [0.2, 0.25) is 17.6 Å². The van der Waals surface area contributed by atoms with Crippen LogP contribution in [0.15, 0.2) is 42.5 Å². The number of primary amides is 1. The van der Waals surface area contributed by atoms with Crippen molar-refractivity contribution in [2.75, 3.05) is 6.54 Å². The highest BCUT2D eigenvalue weighted by molar-refractivity contribution is 6.37. The number of ketones is 1. The maximum absolute atomic E-state index is 14.3. The van der Waals surface area contributed by atoms with E-state index in [-0.39, 0.29) is 25.0 Å². The lowest BCUT2D eigenvalue weighted by atomic mass is 9.85. The molecule has 1 heterocycles. The SMILES string of the molecule is C=C(C)[C@H]1CCN(C(=O)[C@@H](NC(=O)N[C@](C)(C(=O)OCc2ccccc2)C(C)C)C(C)(C)C)[C@@H]1C(=O)NC(CC1CC1)C(=O)C(N)=O. The van der Waals surface area contributed by atoms with Crippen LogP contribution in [0.3, 0.4) is 0 Å². The Hall–Kier alpha value is -4.22. The third-order valence-electron chi connectivity index (χ3n) is 9.28. The van der Waals surface area contributed by atoms with E-state index >= 15 is 0 Å². The van der Waals surface area contributed by atoms with E-state index in [1.807, 2.05) is 30.3 Å². The summed E-state index contributed by atoms with van der Waals surface area (Å²) in [5.74, 6) is -4.30. The predicted octanol–water partition coefficient (Wildman–Crippen LogP) is 2.99. The van der Waals surface area contributed by atoms with Gasteiger partial charge in [0.05, 0.1) is 6.04 Å². The third-order valence-corrected chi connectivity index (χ3v) is 9.28. The Labute approximate surface area is 277 Å².